The number of nitrogens with one attached hydrogen (secondary N) is 1. The van der Waals surface area contributed by atoms with Crippen molar-refractivity contribution in [3.8, 4) is 0 Å². The number of hydrogen-bond acceptors (Lipinski definition) is 5. The molecule has 3 rings (SSSR count). The van der Waals surface area contributed by atoms with Gasteiger partial charge in [0.05, 0.1) is 15.9 Å². The second-order valence-electron chi connectivity index (χ2n) is 4.92. The predicted octanol–water partition coefficient (Wildman–Crippen LogP) is 2.30. The predicted molar refractivity (Wildman–Crippen MR) is 82.3 cm³/mol. The first kappa shape index (κ1) is 13.7. The molecule has 7 heteroatoms. The van der Waals surface area contributed by atoms with Crippen molar-refractivity contribution >= 4 is 32.6 Å². The topological polar surface area (TPSA) is 72.7 Å². The number of carbonyl (C=O) groups excluding carboxylic acids is 1. The molecule has 1 aromatic carbocycles. The average Bonchev–Trinajstić information content (AvgIpc) is 3.01. The summed E-state index contributed by atoms with van der Waals surface area (Å²) in [7, 11) is 1.81. The zero-order valence-corrected chi connectivity index (χ0v) is 12.6. The molecule has 2 aromatic heterocycles. The fraction of sp³-hybridized carbons (Fsp3) is 0.286. The minimum absolute atomic E-state index is 0.0589. The van der Waals surface area contributed by atoms with Gasteiger partial charge in [-0.05, 0) is 24.6 Å². The summed E-state index contributed by atoms with van der Waals surface area (Å²) in [5.41, 5.74) is 2.91. The van der Waals surface area contributed by atoms with E-state index >= 15 is 0 Å². The molecule has 1 amide bonds. The number of nitrogens with zero attached hydrogens (tertiary/aromatic N) is 4. The molecule has 0 saturated carbocycles. The summed E-state index contributed by atoms with van der Waals surface area (Å²) in [6.45, 7) is 2.04. The van der Waals surface area contributed by atoms with E-state index in [1.807, 2.05) is 25.3 Å². The van der Waals surface area contributed by atoms with Crippen molar-refractivity contribution < 1.29 is 4.79 Å². The lowest BCUT2D eigenvalue weighted by molar-refractivity contribution is -0.116. The largest absolute Gasteiger partial charge is 0.302 e. The zero-order chi connectivity index (χ0) is 14.8. The molecule has 0 bridgehead atoms. The van der Waals surface area contributed by atoms with E-state index in [0.29, 0.717) is 18.0 Å². The van der Waals surface area contributed by atoms with Crippen LogP contribution in [0.2, 0.25) is 0 Å². The van der Waals surface area contributed by atoms with Crippen LogP contribution in [-0.4, -0.2) is 25.9 Å². The second-order valence-corrected chi connectivity index (χ2v) is 5.95. The molecule has 2 heterocycles. The van der Waals surface area contributed by atoms with Gasteiger partial charge in [0.1, 0.15) is 0 Å². The van der Waals surface area contributed by atoms with Crippen LogP contribution in [0.5, 0.6) is 0 Å². The van der Waals surface area contributed by atoms with Gasteiger partial charge in [0.2, 0.25) is 5.91 Å². The van der Waals surface area contributed by atoms with Crippen molar-refractivity contribution in [2.75, 3.05) is 5.32 Å². The van der Waals surface area contributed by atoms with Crippen LogP contribution in [0.3, 0.4) is 0 Å². The third-order valence-electron chi connectivity index (χ3n) is 3.05. The Balaban J connectivity index is 1.63. The molecule has 0 saturated heterocycles. The number of carbonyl (C=O) groups is 1. The first-order valence-electron chi connectivity index (χ1n) is 6.62. The van der Waals surface area contributed by atoms with Gasteiger partial charge in [-0.15, -0.1) is 5.10 Å². The molecule has 108 valence electrons. The molecule has 21 heavy (non-hydrogen) atoms. The quantitative estimate of drug-likeness (QED) is 0.802. The van der Waals surface area contributed by atoms with Crippen LogP contribution in [0, 0.1) is 6.92 Å². The summed E-state index contributed by atoms with van der Waals surface area (Å²) in [5.74, 6) is -0.0589. The second kappa shape index (κ2) is 5.61. The highest BCUT2D eigenvalue weighted by Gasteiger charge is 2.09. The third-order valence-corrected chi connectivity index (χ3v) is 3.98. The normalized spacial score (nSPS) is 11.0. The van der Waals surface area contributed by atoms with Gasteiger partial charge in [-0.2, -0.15) is 0 Å². The van der Waals surface area contributed by atoms with E-state index < -0.39 is 0 Å². The standard InChI is InChI=1S/C14H15N5OS/c1-9-3-5-11-12(7-9)21-14(15-11)16-13(20)6-4-10-8-19(2)18-17-10/h3,5,7-8H,4,6H2,1-2H3,(H,15,16,20). The zero-order valence-electron chi connectivity index (χ0n) is 11.8. The smallest absolute Gasteiger partial charge is 0.226 e. The number of amides is 1. The first-order chi connectivity index (χ1) is 10.1. The summed E-state index contributed by atoms with van der Waals surface area (Å²) in [4.78, 5) is 16.3. The van der Waals surface area contributed by atoms with Crippen molar-refractivity contribution in [3.05, 3.63) is 35.7 Å². The van der Waals surface area contributed by atoms with Crippen LogP contribution in [0.4, 0.5) is 5.13 Å². The number of anilines is 1. The summed E-state index contributed by atoms with van der Waals surface area (Å²) in [6, 6.07) is 6.06. The number of rotatable bonds is 4. The summed E-state index contributed by atoms with van der Waals surface area (Å²) in [5, 5.41) is 11.3. The van der Waals surface area contributed by atoms with E-state index in [1.165, 1.54) is 16.9 Å². The molecule has 6 nitrogen and oxygen atoms in total. The van der Waals surface area contributed by atoms with E-state index in [1.54, 1.807) is 11.7 Å². The van der Waals surface area contributed by atoms with Crippen LogP contribution in [0.1, 0.15) is 17.7 Å². The van der Waals surface area contributed by atoms with Gasteiger partial charge in [0.15, 0.2) is 5.13 Å². The Labute approximate surface area is 125 Å². The minimum Gasteiger partial charge on any atom is -0.302 e. The van der Waals surface area contributed by atoms with Crippen LogP contribution in [0.15, 0.2) is 24.4 Å². The van der Waals surface area contributed by atoms with Crippen molar-refractivity contribution in [1.82, 2.24) is 20.0 Å². The molecule has 1 N–H and O–H groups in total. The first-order valence-corrected chi connectivity index (χ1v) is 7.44. The molecular weight excluding hydrogens is 286 g/mol. The Morgan fingerprint density at radius 1 is 1.43 bits per heavy atom. The Kier molecular flexibility index (Phi) is 3.66. The number of thiazole rings is 1. The van der Waals surface area contributed by atoms with E-state index in [9.17, 15) is 4.79 Å². The maximum atomic E-state index is 11.9. The highest BCUT2D eigenvalue weighted by molar-refractivity contribution is 7.22. The maximum absolute atomic E-state index is 11.9. The van der Waals surface area contributed by atoms with E-state index in [2.05, 4.69) is 26.7 Å². The van der Waals surface area contributed by atoms with Crippen LogP contribution >= 0.6 is 11.3 Å². The fourth-order valence-electron chi connectivity index (χ4n) is 2.02. The van der Waals surface area contributed by atoms with Gasteiger partial charge >= 0.3 is 0 Å². The van der Waals surface area contributed by atoms with Crippen LogP contribution in [0.25, 0.3) is 10.2 Å². The SMILES string of the molecule is Cc1ccc2nc(NC(=O)CCc3cn(C)nn3)sc2c1. The Morgan fingerprint density at radius 2 is 2.29 bits per heavy atom. The lowest BCUT2D eigenvalue weighted by Gasteiger charge is -1.99. The van der Waals surface area contributed by atoms with Crippen molar-refractivity contribution in [1.29, 1.82) is 0 Å². The minimum atomic E-state index is -0.0589. The number of aryl methyl sites for hydroxylation is 3. The summed E-state index contributed by atoms with van der Waals surface area (Å²) < 4.78 is 2.71. The molecule has 0 spiro atoms. The molecule has 0 fully saturated rings. The fourth-order valence-corrected chi connectivity index (χ4v) is 3.00. The molecule has 0 unspecified atom stereocenters. The molecule has 0 atom stereocenters. The number of hydrogen-bond donors (Lipinski definition) is 1. The van der Waals surface area contributed by atoms with Gasteiger partial charge < -0.3 is 5.32 Å². The van der Waals surface area contributed by atoms with Crippen LogP contribution in [-0.2, 0) is 18.3 Å². The van der Waals surface area contributed by atoms with Gasteiger partial charge in [0, 0.05) is 26.1 Å². The molecular formula is C14H15N5OS. The maximum Gasteiger partial charge on any atom is 0.226 e. The van der Waals surface area contributed by atoms with Gasteiger partial charge in [0.25, 0.3) is 0 Å². The Bertz CT molecular complexity index is 792. The highest BCUT2D eigenvalue weighted by Crippen LogP contribution is 2.26. The van der Waals surface area contributed by atoms with Crippen molar-refractivity contribution in [3.63, 3.8) is 0 Å². The lowest BCUT2D eigenvalue weighted by atomic mass is 10.2. The number of benzene rings is 1. The van der Waals surface area contributed by atoms with Gasteiger partial charge in [-0.25, -0.2) is 4.98 Å². The van der Waals surface area contributed by atoms with E-state index in [4.69, 9.17) is 0 Å². The van der Waals surface area contributed by atoms with E-state index in [0.717, 1.165) is 15.9 Å². The molecule has 0 radical (unpaired) electrons. The summed E-state index contributed by atoms with van der Waals surface area (Å²) in [6.07, 6.45) is 2.76. The Morgan fingerprint density at radius 3 is 3.05 bits per heavy atom. The molecule has 0 aliphatic rings. The summed E-state index contributed by atoms with van der Waals surface area (Å²) >= 11 is 1.49. The molecule has 0 aliphatic carbocycles. The average molecular weight is 301 g/mol. The highest BCUT2D eigenvalue weighted by atomic mass is 32.1. The number of aromatic nitrogens is 4. The van der Waals surface area contributed by atoms with Crippen molar-refractivity contribution in [2.24, 2.45) is 7.05 Å². The van der Waals surface area contributed by atoms with Crippen LogP contribution < -0.4 is 5.32 Å². The van der Waals surface area contributed by atoms with E-state index in [-0.39, 0.29) is 5.91 Å². The lowest BCUT2D eigenvalue weighted by Crippen LogP contribution is -2.12. The monoisotopic (exact) mass is 301 g/mol. The van der Waals surface area contributed by atoms with Gasteiger partial charge in [-0.3, -0.25) is 9.48 Å². The van der Waals surface area contributed by atoms with Gasteiger partial charge in [-0.1, -0.05) is 22.6 Å². The van der Waals surface area contributed by atoms with Crippen molar-refractivity contribution in [2.45, 2.75) is 19.8 Å². The Hall–Kier alpha value is -2.28. The molecule has 0 aliphatic heterocycles. The number of fused-ring (bicyclic) bond motifs is 1. The molecule has 3 aromatic rings. The third kappa shape index (κ3) is 3.25.